The molecule has 1 rings (SSSR count). The van der Waals surface area contributed by atoms with E-state index in [1.165, 1.54) is 0 Å². The number of nitrogens with zero attached hydrogens (tertiary/aromatic N) is 1. The molecule has 0 radical (unpaired) electrons. The summed E-state index contributed by atoms with van der Waals surface area (Å²) in [5.74, 6) is 0.0422. The van der Waals surface area contributed by atoms with Gasteiger partial charge in [-0.15, -0.1) is 0 Å². The number of rotatable bonds is 2. The molecule has 0 aliphatic heterocycles. The first-order valence-corrected chi connectivity index (χ1v) is 3.72. The number of oxime groups is 1. The summed E-state index contributed by atoms with van der Waals surface area (Å²) in [5.41, 5.74) is 7.38. The Balaban J connectivity index is 3.17. The quantitative estimate of drug-likeness (QED) is 0.232. The highest BCUT2D eigenvalue weighted by atomic mass is 16.4. The number of carbonyl (C=O) groups is 1. The molecule has 0 unspecified atom stereocenters. The van der Waals surface area contributed by atoms with Crippen LogP contribution in [-0.4, -0.2) is 17.3 Å². The van der Waals surface area contributed by atoms with E-state index in [1.54, 1.807) is 25.1 Å². The minimum absolute atomic E-state index is 0.0422. The lowest BCUT2D eigenvalue weighted by molar-refractivity contribution is 0.112. The minimum atomic E-state index is 0.0422. The van der Waals surface area contributed by atoms with E-state index in [1.807, 2.05) is 0 Å². The molecule has 0 amide bonds. The molecule has 0 bridgehead atoms. The number of aldehydes is 1. The highest BCUT2D eigenvalue weighted by Gasteiger charge is 2.01. The monoisotopic (exact) mass is 178 g/mol. The Morgan fingerprint density at radius 1 is 1.62 bits per heavy atom. The topological polar surface area (TPSA) is 75.7 Å². The average Bonchev–Trinajstić information content (AvgIpc) is 2.16. The molecule has 3 N–H and O–H groups in total. The molecule has 0 fully saturated rings. The maximum Gasteiger partial charge on any atom is 0.170 e. The molecule has 0 aliphatic carbocycles. The van der Waals surface area contributed by atoms with Gasteiger partial charge in [-0.2, -0.15) is 0 Å². The van der Waals surface area contributed by atoms with Crippen molar-refractivity contribution in [3.8, 4) is 0 Å². The first-order valence-electron chi connectivity index (χ1n) is 3.72. The van der Waals surface area contributed by atoms with Crippen LogP contribution in [0, 0.1) is 6.92 Å². The number of nitrogens with two attached hydrogens (primary N) is 1. The Morgan fingerprint density at radius 3 is 2.77 bits per heavy atom. The lowest BCUT2D eigenvalue weighted by Gasteiger charge is -2.01. The lowest BCUT2D eigenvalue weighted by Crippen LogP contribution is -2.13. The Hall–Kier alpha value is -1.84. The SMILES string of the molecule is Cc1cc(/C(N)=N/O)ccc1C=O. The normalized spacial score (nSPS) is 11.3. The van der Waals surface area contributed by atoms with Crippen LogP contribution in [0.15, 0.2) is 23.4 Å². The fourth-order valence-electron chi connectivity index (χ4n) is 1.02. The summed E-state index contributed by atoms with van der Waals surface area (Å²) in [6, 6.07) is 4.96. The molecule has 0 heterocycles. The summed E-state index contributed by atoms with van der Waals surface area (Å²) in [7, 11) is 0. The third-order valence-electron chi connectivity index (χ3n) is 1.80. The Kier molecular flexibility index (Phi) is 2.64. The summed E-state index contributed by atoms with van der Waals surface area (Å²) < 4.78 is 0. The first kappa shape index (κ1) is 9.25. The van der Waals surface area contributed by atoms with Gasteiger partial charge in [-0.25, -0.2) is 0 Å². The number of hydrogen-bond donors (Lipinski definition) is 2. The van der Waals surface area contributed by atoms with Crippen molar-refractivity contribution in [1.29, 1.82) is 0 Å². The molecule has 0 saturated heterocycles. The molecule has 1 aromatic rings. The summed E-state index contributed by atoms with van der Waals surface area (Å²) in [6.07, 6.45) is 0.769. The van der Waals surface area contributed by atoms with Gasteiger partial charge in [0.2, 0.25) is 0 Å². The largest absolute Gasteiger partial charge is 0.409 e. The predicted molar refractivity (Wildman–Crippen MR) is 49.1 cm³/mol. The van der Waals surface area contributed by atoms with E-state index in [0.717, 1.165) is 11.8 Å². The maximum absolute atomic E-state index is 10.5. The van der Waals surface area contributed by atoms with E-state index in [2.05, 4.69) is 5.16 Å². The van der Waals surface area contributed by atoms with E-state index in [-0.39, 0.29) is 5.84 Å². The Bertz CT molecular complexity index is 359. The van der Waals surface area contributed by atoms with Crippen molar-refractivity contribution >= 4 is 12.1 Å². The van der Waals surface area contributed by atoms with Gasteiger partial charge in [0.25, 0.3) is 0 Å². The highest BCUT2D eigenvalue weighted by molar-refractivity contribution is 5.97. The van der Waals surface area contributed by atoms with Crippen LogP contribution < -0.4 is 5.73 Å². The van der Waals surface area contributed by atoms with E-state index >= 15 is 0 Å². The van der Waals surface area contributed by atoms with Crippen molar-refractivity contribution in [2.24, 2.45) is 10.9 Å². The molecule has 0 saturated carbocycles. The standard InChI is InChI=1S/C9H10N2O2/c1-6-4-7(9(10)11-13)2-3-8(6)5-12/h2-5,13H,1H3,(H2,10,11). The molecule has 13 heavy (non-hydrogen) atoms. The average molecular weight is 178 g/mol. The number of aryl methyl sites for hydroxylation is 1. The number of hydrogen-bond acceptors (Lipinski definition) is 3. The van der Waals surface area contributed by atoms with Gasteiger partial charge < -0.3 is 10.9 Å². The van der Waals surface area contributed by atoms with Crippen LogP contribution in [0.1, 0.15) is 21.5 Å². The summed E-state index contributed by atoms with van der Waals surface area (Å²) in [5, 5.41) is 11.3. The zero-order valence-electron chi connectivity index (χ0n) is 7.19. The molecule has 4 nitrogen and oxygen atoms in total. The molecule has 0 spiro atoms. The van der Waals surface area contributed by atoms with Gasteiger partial charge in [-0.05, 0) is 18.6 Å². The van der Waals surface area contributed by atoms with E-state index < -0.39 is 0 Å². The molecule has 1 aromatic carbocycles. The van der Waals surface area contributed by atoms with Gasteiger partial charge >= 0.3 is 0 Å². The van der Waals surface area contributed by atoms with Crippen molar-refractivity contribution in [3.63, 3.8) is 0 Å². The van der Waals surface area contributed by atoms with Crippen molar-refractivity contribution in [3.05, 3.63) is 34.9 Å². The van der Waals surface area contributed by atoms with Crippen LogP contribution >= 0.6 is 0 Å². The zero-order valence-corrected chi connectivity index (χ0v) is 7.19. The maximum atomic E-state index is 10.5. The fraction of sp³-hybridized carbons (Fsp3) is 0.111. The Labute approximate surface area is 75.7 Å². The smallest absolute Gasteiger partial charge is 0.170 e. The van der Waals surface area contributed by atoms with Gasteiger partial charge in [0.1, 0.15) is 6.29 Å². The third kappa shape index (κ3) is 1.84. The van der Waals surface area contributed by atoms with Gasteiger partial charge in [0, 0.05) is 11.1 Å². The molecular formula is C9H10N2O2. The third-order valence-corrected chi connectivity index (χ3v) is 1.80. The highest BCUT2D eigenvalue weighted by Crippen LogP contribution is 2.08. The van der Waals surface area contributed by atoms with Crippen LogP contribution in [-0.2, 0) is 0 Å². The fourth-order valence-corrected chi connectivity index (χ4v) is 1.02. The van der Waals surface area contributed by atoms with E-state index in [4.69, 9.17) is 10.9 Å². The van der Waals surface area contributed by atoms with E-state index in [0.29, 0.717) is 11.1 Å². The van der Waals surface area contributed by atoms with Gasteiger partial charge in [0.05, 0.1) is 0 Å². The summed E-state index contributed by atoms with van der Waals surface area (Å²) >= 11 is 0. The summed E-state index contributed by atoms with van der Waals surface area (Å²) in [4.78, 5) is 10.5. The summed E-state index contributed by atoms with van der Waals surface area (Å²) in [6.45, 7) is 1.79. The van der Waals surface area contributed by atoms with Gasteiger partial charge in [-0.3, -0.25) is 4.79 Å². The van der Waals surface area contributed by atoms with Crippen LogP contribution in [0.4, 0.5) is 0 Å². The van der Waals surface area contributed by atoms with Crippen molar-refractivity contribution < 1.29 is 10.0 Å². The number of amidine groups is 1. The zero-order chi connectivity index (χ0) is 9.84. The van der Waals surface area contributed by atoms with Crippen LogP contribution in [0.3, 0.4) is 0 Å². The van der Waals surface area contributed by atoms with Crippen molar-refractivity contribution in [2.75, 3.05) is 0 Å². The van der Waals surface area contributed by atoms with Crippen LogP contribution in [0.2, 0.25) is 0 Å². The van der Waals surface area contributed by atoms with Gasteiger partial charge in [0.15, 0.2) is 5.84 Å². The van der Waals surface area contributed by atoms with Crippen LogP contribution in [0.5, 0.6) is 0 Å². The van der Waals surface area contributed by atoms with Crippen molar-refractivity contribution in [1.82, 2.24) is 0 Å². The second-order valence-electron chi connectivity index (χ2n) is 2.67. The van der Waals surface area contributed by atoms with E-state index in [9.17, 15) is 4.79 Å². The minimum Gasteiger partial charge on any atom is -0.409 e. The Morgan fingerprint density at radius 2 is 2.31 bits per heavy atom. The molecule has 68 valence electrons. The molecule has 0 aliphatic rings. The molecule has 4 heteroatoms. The molecule has 0 aromatic heterocycles. The lowest BCUT2D eigenvalue weighted by atomic mass is 10.1. The van der Waals surface area contributed by atoms with Gasteiger partial charge in [-0.1, -0.05) is 17.3 Å². The predicted octanol–water partition coefficient (Wildman–Crippen LogP) is 0.902. The second kappa shape index (κ2) is 3.71. The first-order chi connectivity index (χ1) is 6.19. The molecule has 0 atom stereocenters. The second-order valence-corrected chi connectivity index (χ2v) is 2.67. The number of benzene rings is 1. The van der Waals surface area contributed by atoms with Crippen molar-refractivity contribution in [2.45, 2.75) is 6.92 Å². The number of carbonyl (C=O) groups excluding carboxylic acids is 1. The van der Waals surface area contributed by atoms with Crippen LogP contribution in [0.25, 0.3) is 0 Å². The molecular weight excluding hydrogens is 168 g/mol.